The Morgan fingerprint density at radius 2 is 1.31 bits per heavy atom. The van der Waals surface area contributed by atoms with E-state index in [-0.39, 0.29) is 17.1 Å². The lowest BCUT2D eigenvalue weighted by atomic mass is 9.98. The van der Waals surface area contributed by atoms with Crippen LogP contribution < -0.4 is 5.32 Å². The zero-order valence-electron chi connectivity index (χ0n) is 14.2. The van der Waals surface area contributed by atoms with E-state index in [1.807, 2.05) is 6.07 Å². The largest absolute Gasteiger partial charge is 0.322 e. The van der Waals surface area contributed by atoms with E-state index >= 15 is 0 Å². The fraction of sp³-hybridized carbons (Fsp3) is 0.0455. The number of anilines is 1. The molecule has 4 heteroatoms. The van der Waals surface area contributed by atoms with Crippen molar-refractivity contribution in [3.8, 4) is 0 Å². The molecule has 0 fully saturated rings. The molecule has 0 saturated heterocycles. The molecule has 0 saturated carbocycles. The van der Waals surface area contributed by atoms with Crippen molar-refractivity contribution in [1.29, 1.82) is 0 Å². The number of carbonyl (C=O) groups excluding carboxylic acids is 3. The van der Waals surface area contributed by atoms with Crippen LogP contribution in [0.5, 0.6) is 0 Å². The van der Waals surface area contributed by atoms with Gasteiger partial charge in [-0.05, 0) is 25.1 Å². The Kier molecular flexibility index (Phi) is 5.04. The third-order valence-electron chi connectivity index (χ3n) is 3.98. The summed E-state index contributed by atoms with van der Waals surface area (Å²) in [6.45, 7) is 1.47. The monoisotopic (exact) mass is 343 g/mol. The van der Waals surface area contributed by atoms with Gasteiger partial charge < -0.3 is 5.32 Å². The lowest BCUT2D eigenvalue weighted by Gasteiger charge is -2.10. The van der Waals surface area contributed by atoms with Crippen LogP contribution in [-0.2, 0) is 0 Å². The van der Waals surface area contributed by atoms with Crippen molar-refractivity contribution in [2.24, 2.45) is 0 Å². The fourth-order valence-electron chi connectivity index (χ4n) is 2.64. The number of Topliss-reactive ketones (excluding diaryl/α,β-unsaturated/α-hetero) is 1. The Bertz CT molecular complexity index is 977. The molecule has 0 aliphatic carbocycles. The predicted molar refractivity (Wildman–Crippen MR) is 101 cm³/mol. The van der Waals surface area contributed by atoms with Gasteiger partial charge >= 0.3 is 0 Å². The van der Waals surface area contributed by atoms with E-state index in [9.17, 15) is 14.4 Å². The van der Waals surface area contributed by atoms with Crippen molar-refractivity contribution in [2.45, 2.75) is 6.92 Å². The van der Waals surface area contributed by atoms with Gasteiger partial charge in [0.15, 0.2) is 11.6 Å². The molecule has 4 nitrogen and oxygen atoms in total. The molecule has 0 unspecified atom stereocenters. The van der Waals surface area contributed by atoms with Gasteiger partial charge in [-0.15, -0.1) is 0 Å². The van der Waals surface area contributed by atoms with Gasteiger partial charge in [-0.1, -0.05) is 60.7 Å². The van der Waals surface area contributed by atoms with E-state index in [0.717, 1.165) is 0 Å². The van der Waals surface area contributed by atoms with Crippen molar-refractivity contribution in [3.05, 3.63) is 101 Å². The van der Waals surface area contributed by atoms with Crippen LogP contribution in [0.3, 0.4) is 0 Å². The average Bonchev–Trinajstić information content (AvgIpc) is 2.68. The molecule has 26 heavy (non-hydrogen) atoms. The topological polar surface area (TPSA) is 63.2 Å². The summed E-state index contributed by atoms with van der Waals surface area (Å²) >= 11 is 0. The number of nitrogens with one attached hydrogen (secondary N) is 1. The van der Waals surface area contributed by atoms with Gasteiger partial charge in [-0.25, -0.2) is 0 Å². The summed E-state index contributed by atoms with van der Waals surface area (Å²) in [5, 5.41) is 2.76. The molecule has 0 atom stereocenters. The zero-order chi connectivity index (χ0) is 18.5. The Balaban J connectivity index is 1.90. The third kappa shape index (κ3) is 3.75. The molecule has 0 aliphatic rings. The number of benzene rings is 3. The predicted octanol–water partition coefficient (Wildman–Crippen LogP) is 4.37. The minimum atomic E-state index is -0.398. The maximum Gasteiger partial charge on any atom is 0.256 e. The summed E-state index contributed by atoms with van der Waals surface area (Å²) < 4.78 is 0. The number of ketones is 2. The van der Waals surface area contributed by atoms with Gasteiger partial charge in [-0.2, -0.15) is 0 Å². The van der Waals surface area contributed by atoms with E-state index in [4.69, 9.17) is 0 Å². The second kappa shape index (κ2) is 7.57. The van der Waals surface area contributed by atoms with Crippen molar-refractivity contribution < 1.29 is 14.4 Å². The first kappa shape index (κ1) is 17.3. The highest BCUT2D eigenvalue weighted by Crippen LogP contribution is 2.18. The molecule has 0 radical (unpaired) electrons. The first-order chi connectivity index (χ1) is 12.6. The van der Waals surface area contributed by atoms with Gasteiger partial charge in [0.25, 0.3) is 5.91 Å². The molecule has 0 aromatic heterocycles. The van der Waals surface area contributed by atoms with Gasteiger partial charge in [0.1, 0.15) is 0 Å². The number of amides is 1. The Morgan fingerprint density at radius 1 is 0.692 bits per heavy atom. The first-order valence-electron chi connectivity index (χ1n) is 8.17. The highest BCUT2D eigenvalue weighted by atomic mass is 16.2. The van der Waals surface area contributed by atoms with Crippen LogP contribution in [0.25, 0.3) is 0 Å². The standard InChI is InChI=1S/C22H17NO3/c1-15(24)17-10-7-11-18(14-17)23-22(26)20-13-6-5-12-19(20)21(25)16-8-3-2-4-9-16/h2-14H,1H3,(H,23,26). The van der Waals surface area contributed by atoms with Crippen LogP contribution >= 0.6 is 0 Å². The smallest absolute Gasteiger partial charge is 0.256 e. The van der Waals surface area contributed by atoms with Crippen molar-refractivity contribution in [2.75, 3.05) is 5.32 Å². The Morgan fingerprint density at radius 3 is 2.00 bits per heavy atom. The minimum absolute atomic E-state index is 0.0826. The van der Waals surface area contributed by atoms with Crippen LogP contribution in [0.1, 0.15) is 43.6 Å². The molecule has 1 N–H and O–H groups in total. The molecule has 3 rings (SSSR count). The van der Waals surface area contributed by atoms with Crippen LogP contribution in [0, 0.1) is 0 Å². The molecule has 0 heterocycles. The molecule has 0 aliphatic heterocycles. The number of carbonyl (C=O) groups is 3. The Hall–Kier alpha value is -3.53. The van der Waals surface area contributed by atoms with E-state index in [1.54, 1.807) is 72.8 Å². The summed E-state index contributed by atoms with van der Waals surface area (Å²) in [6, 6.07) is 22.2. The lowest BCUT2D eigenvalue weighted by molar-refractivity contribution is 0.0996. The molecule has 3 aromatic carbocycles. The molecular weight excluding hydrogens is 326 g/mol. The number of hydrogen-bond donors (Lipinski definition) is 1. The highest BCUT2D eigenvalue weighted by Gasteiger charge is 2.18. The maximum atomic E-state index is 12.7. The zero-order valence-corrected chi connectivity index (χ0v) is 14.2. The molecule has 0 spiro atoms. The fourth-order valence-corrected chi connectivity index (χ4v) is 2.64. The molecule has 0 bridgehead atoms. The molecule has 128 valence electrons. The summed E-state index contributed by atoms with van der Waals surface area (Å²) in [6.07, 6.45) is 0. The SMILES string of the molecule is CC(=O)c1cccc(NC(=O)c2ccccc2C(=O)c2ccccc2)c1. The summed E-state index contributed by atoms with van der Waals surface area (Å²) in [5.74, 6) is -0.694. The van der Waals surface area contributed by atoms with Gasteiger partial charge in [0.05, 0.1) is 5.56 Å². The van der Waals surface area contributed by atoms with Gasteiger partial charge in [0, 0.05) is 22.4 Å². The van der Waals surface area contributed by atoms with Crippen molar-refractivity contribution in [1.82, 2.24) is 0 Å². The van der Waals surface area contributed by atoms with Crippen molar-refractivity contribution in [3.63, 3.8) is 0 Å². The van der Waals surface area contributed by atoms with Crippen LogP contribution in [0.4, 0.5) is 5.69 Å². The second-order valence-corrected chi connectivity index (χ2v) is 5.83. The van der Waals surface area contributed by atoms with E-state index < -0.39 is 5.91 Å². The van der Waals surface area contributed by atoms with Gasteiger partial charge in [0.2, 0.25) is 0 Å². The average molecular weight is 343 g/mol. The van der Waals surface area contributed by atoms with Gasteiger partial charge in [-0.3, -0.25) is 14.4 Å². The quantitative estimate of drug-likeness (QED) is 0.700. The Labute approximate surface area is 151 Å². The molecular formula is C22H17NO3. The van der Waals surface area contributed by atoms with E-state index in [0.29, 0.717) is 22.4 Å². The van der Waals surface area contributed by atoms with E-state index in [1.165, 1.54) is 6.92 Å². The number of hydrogen-bond acceptors (Lipinski definition) is 3. The maximum absolute atomic E-state index is 12.7. The van der Waals surface area contributed by atoms with E-state index in [2.05, 4.69) is 5.32 Å². The van der Waals surface area contributed by atoms with Crippen molar-refractivity contribution >= 4 is 23.2 Å². The lowest BCUT2D eigenvalue weighted by Crippen LogP contribution is -2.17. The second-order valence-electron chi connectivity index (χ2n) is 5.83. The van der Waals surface area contributed by atoms with Crippen LogP contribution in [-0.4, -0.2) is 17.5 Å². The molecule has 1 amide bonds. The minimum Gasteiger partial charge on any atom is -0.322 e. The summed E-state index contributed by atoms with van der Waals surface area (Å²) in [4.78, 5) is 36.9. The third-order valence-corrected chi connectivity index (χ3v) is 3.98. The first-order valence-corrected chi connectivity index (χ1v) is 8.17. The normalized spacial score (nSPS) is 10.2. The van der Waals surface area contributed by atoms with Crippen LogP contribution in [0.15, 0.2) is 78.9 Å². The highest BCUT2D eigenvalue weighted by molar-refractivity contribution is 6.17. The summed E-state index contributed by atoms with van der Waals surface area (Å²) in [5.41, 5.74) is 2.15. The van der Waals surface area contributed by atoms with Crippen LogP contribution in [0.2, 0.25) is 0 Å². The summed E-state index contributed by atoms with van der Waals surface area (Å²) in [7, 11) is 0. The number of rotatable bonds is 5. The molecule has 3 aromatic rings.